The number of rotatable bonds is 3. The van der Waals surface area contributed by atoms with Crippen LogP contribution in [0.15, 0.2) is 18.3 Å². The lowest BCUT2D eigenvalue weighted by Gasteiger charge is -2.18. The minimum atomic E-state index is 0.494. The molecule has 0 saturated carbocycles. The molecule has 1 atom stereocenters. The normalized spacial score (nSPS) is 19.8. The number of pyridine rings is 1. The summed E-state index contributed by atoms with van der Waals surface area (Å²) in [6.45, 7) is 4.51. The first-order valence-electron chi connectivity index (χ1n) is 5.94. The molecule has 0 aromatic carbocycles. The third-order valence-electron chi connectivity index (χ3n) is 3.21. The molecule has 1 aromatic heterocycles. The summed E-state index contributed by atoms with van der Waals surface area (Å²) in [6, 6.07) is 5.84. The molecule has 0 N–H and O–H groups in total. The van der Waals surface area contributed by atoms with Crippen molar-refractivity contribution in [2.45, 2.75) is 26.2 Å². The topological polar surface area (TPSA) is 39.9 Å². The molecule has 2 heterocycles. The van der Waals surface area contributed by atoms with Crippen LogP contribution < -0.4 is 4.90 Å². The average Bonchev–Trinajstić information content (AvgIpc) is 2.78. The van der Waals surface area contributed by atoms with E-state index < -0.39 is 0 Å². The second-order valence-corrected chi connectivity index (χ2v) is 4.40. The van der Waals surface area contributed by atoms with Crippen molar-refractivity contribution in [2.75, 3.05) is 18.0 Å². The van der Waals surface area contributed by atoms with Crippen molar-refractivity contribution in [1.82, 2.24) is 4.98 Å². The lowest BCUT2D eigenvalue weighted by atomic mass is 10.0. The highest BCUT2D eigenvalue weighted by Crippen LogP contribution is 2.25. The zero-order chi connectivity index (χ0) is 11.4. The Morgan fingerprint density at radius 3 is 3.06 bits per heavy atom. The standard InChI is InChI=1S/C13H17N3/c1-2-3-11-6-7-16(10-11)13-5-4-12(8-14)15-9-13/h4-5,9,11H,2-3,6-7,10H2,1H3. The van der Waals surface area contributed by atoms with E-state index in [1.54, 1.807) is 6.07 Å². The molecule has 1 fully saturated rings. The van der Waals surface area contributed by atoms with Crippen LogP contribution in [0, 0.1) is 17.2 Å². The van der Waals surface area contributed by atoms with Gasteiger partial charge in [-0.3, -0.25) is 0 Å². The first kappa shape index (κ1) is 10.9. The Kier molecular flexibility index (Phi) is 3.40. The number of anilines is 1. The van der Waals surface area contributed by atoms with Crippen molar-refractivity contribution < 1.29 is 0 Å². The van der Waals surface area contributed by atoms with E-state index in [2.05, 4.69) is 16.8 Å². The fraction of sp³-hybridized carbons (Fsp3) is 0.538. The van der Waals surface area contributed by atoms with Crippen molar-refractivity contribution in [3.8, 4) is 6.07 Å². The van der Waals surface area contributed by atoms with Crippen LogP contribution in [0.5, 0.6) is 0 Å². The second kappa shape index (κ2) is 4.98. The van der Waals surface area contributed by atoms with Crippen molar-refractivity contribution >= 4 is 5.69 Å². The van der Waals surface area contributed by atoms with Crippen LogP contribution in [0.1, 0.15) is 31.9 Å². The molecule has 0 radical (unpaired) electrons. The molecule has 1 aliphatic heterocycles. The van der Waals surface area contributed by atoms with E-state index in [1.165, 1.54) is 19.3 Å². The minimum Gasteiger partial charge on any atom is -0.370 e. The molecule has 1 aromatic rings. The molecule has 0 spiro atoms. The first-order valence-corrected chi connectivity index (χ1v) is 5.94. The van der Waals surface area contributed by atoms with Crippen molar-refractivity contribution in [3.05, 3.63) is 24.0 Å². The van der Waals surface area contributed by atoms with E-state index in [1.807, 2.05) is 18.3 Å². The van der Waals surface area contributed by atoms with Crippen molar-refractivity contribution in [2.24, 2.45) is 5.92 Å². The van der Waals surface area contributed by atoms with Gasteiger partial charge >= 0.3 is 0 Å². The summed E-state index contributed by atoms with van der Waals surface area (Å²) < 4.78 is 0. The van der Waals surface area contributed by atoms with Crippen LogP contribution in [-0.2, 0) is 0 Å². The van der Waals surface area contributed by atoms with Crippen molar-refractivity contribution in [1.29, 1.82) is 5.26 Å². The molecule has 3 heteroatoms. The van der Waals surface area contributed by atoms with Gasteiger partial charge in [0.2, 0.25) is 0 Å². The monoisotopic (exact) mass is 215 g/mol. The Morgan fingerprint density at radius 2 is 2.44 bits per heavy atom. The van der Waals surface area contributed by atoms with Gasteiger partial charge in [0.1, 0.15) is 11.8 Å². The smallest absolute Gasteiger partial charge is 0.140 e. The molecule has 0 aliphatic carbocycles. The van der Waals surface area contributed by atoms with E-state index >= 15 is 0 Å². The van der Waals surface area contributed by atoms with Gasteiger partial charge in [-0.15, -0.1) is 0 Å². The van der Waals surface area contributed by atoms with Gasteiger partial charge in [-0.2, -0.15) is 5.26 Å². The summed E-state index contributed by atoms with van der Waals surface area (Å²) in [7, 11) is 0. The molecule has 16 heavy (non-hydrogen) atoms. The molecule has 84 valence electrons. The second-order valence-electron chi connectivity index (χ2n) is 4.40. The van der Waals surface area contributed by atoms with Crippen LogP contribution in [0.25, 0.3) is 0 Å². The molecule has 1 unspecified atom stereocenters. The number of hydrogen-bond acceptors (Lipinski definition) is 3. The van der Waals surface area contributed by atoms with Crippen LogP contribution >= 0.6 is 0 Å². The minimum absolute atomic E-state index is 0.494. The molecule has 2 rings (SSSR count). The van der Waals surface area contributed by atoms with Crippen LogP contribution in [-0.4, -0.2) is 18.1 Å². The van der Waals surface area contributed by atoms with Gasteiger partial charge in [0.25, 0.3) is 0 Å². The maximum Gasteiger partial charge on any atom is 0.140 e. The van der Waals surface area contributed by atoms with Crippen LogP contribution in [0.4, 0.5) is 5.69 Å². The Labute approximate surface area is 96.7 Å². The zero-order valence-corrected chi connectivity index (χ0v) is 9.69. The Hall–Kier alpha value is -1.56. The van der Waals surface area contributed by atoms with Gasteiger partial charge in [0, 0.05) is 13.1 Å². The Morgan fingerprint density at radius 1 is 1.56 bits per heavy atom. The predicted molar refractivity (Wildman–Crippen MR) is 64.2 cm³/mol. The van der Waals surface area contributed by atoms with E-state index in [-0.39, 0.29) is 0 Å². The highest BCUT2D eigenvalue weighted by Gasteiger charge is 2.21. The van der Waals surface area contributed by atoms with Crippen LogP contribution in [0.3, 0.4) is 0 Å². The third-order valence-corrected chi connectivity index (χ3v) is 3.21. The predicted octanol–water partition coefficient (Wildman–Crippen LogP) is 2.58. The van der Waals surface area contributed by atoms with Gasteiger partial charge in [-0.25, -0.2) is 4.98 Å². The Bertz CT molecular complexity index is 377. The lowest BCUT2D eigenvalue weighted by Crippen LogP contribution is -2.19. The highest BCUT2D eigenvalue weighted by molar-refractivity contribution is 5.46. The summed E-state index contributed by atoms with van der Waals surface area (Å²) >= 11 is 0. The van der Waals surface area contributed by atoms with E-state index in [9.17, 15) is 0 Å². The zero-order valence-electron chi connectivity index (χ0n) is 9.69. The largest absolute Gasteiger partial charge is 0.370 e. The molecule has 1 saturated heterocycles. The average molecular weight is 215 g/mol. The van der Waals surface area contributed by atoms with Gasteiger partial charge < -0.3 is 4.90 Å². The maximum absolute atomic E-state index is 8.68. The van der Waals surface area contributed by atoms with Gasteiger partial charge in [0.15, 0.2) is 0 Å². The number of nitrogens with zero attached hydrogens (tertiary/aromatic N) is 3. The number of hydrogen-bond donors (Lipinski definition) is 0. The number of nitriles is 1. The van der Waals surface area contributed by atoms with Crippen molar-refractivity contribution in [3.63, 3.8) is 0 Å². The van der Waals surface area contributed by atoms with Crippen LogP contribution in [0.2, 0.25) is 0 Å². The fourth-order valence-corrected chi connectivity index (χ4v) is 2.35. The summed E-state index contributed by atoms with van der Waals surface area (Å²) in [5.74, 6) is 0.834. The third kappa shape index (κ3) is 2.33. The lowest BCUT2D eigenvalue weighted by molar-refractivity contribution is 0.530. The Balaban J connectivity index is 2.00. The molecule has 0 bridgehead atoms. The first-order chi connectivity index (χ1) is 7.83. The van der Waals surface area contributed by atoms with Gasteiger partial charge in [0.05, 0.1) is 11.9 Å². The highest BCUT2D eigenvalue weighted by atomic mass is 15.2. The summed E-state index contributed by atoms with van der Waals surface area (Å²) in [4.78, 5) is 6.48. The molecule has 1 aliphatic rings. The SMILES string of the molecule is CCCC1CCN(c2ccc(C#N)nc2)C1. The quantitative estimate of drug-likeness (QED) is 0.778. The molecular formula is C13H17N3. The van der Waals surface area contributed by atoms with E-state index in [0.29, 0.717) is 5.69 Å². The summed E-state index contributed by atoms with van der Waals surface area (Å²) in [5.41, 5.74) is 1.64. The molecular weight excluding hydrogens is 198 g/mol. The van der Waals surface area contributed by atoms with E-state index in [0.717, 1.165) is 24.7 Å². The molecule has 0 amide bonds. The fourth-order valence-electron chi connectivity index (χ4n) is 2.35. The van der Waals surface area contributed by atoms with Gasteiger partial charge in [-0.05, 0) is 30.9 Å². The molecule has 3 nitrogen and oxygen atoms in total. The van der Waals surface area contributed by atoms with Gasteiger partial charge in [-0.1, -0.05) is 13.3 Å². The number of aromatic nitrogens is 1. The summed E-state index contributed by atoms with van der Waals surface area (Å²) in [6.07, 6.45) is 5.69. The summed E-state index contributed by atoms with van der Waals surface area (Å²) in [5, 5.41) is 8.68. The van der Waals surface area contributed by atoms with E-state index in [4.69, 9.17) is 5.26 Å². The maximum atomic E-state index is 8.68.